The van der Waals surface area contributed by atoms with Crippen molar-refractivity contribution < 1.29 is 4.74 Å². The Morgan fingerprint density at radius 1 is 1.26 bits per heavy atom. The molecule has 3 rings (SSSR count). The summed E-state index contributed by atoms with van der Waals surface area (Å²) in [7, 11) is 2.08. The summed E-state index contributed by atoms with van der Waals surface area (Å²) in [5.41, 5.74) is 1.63. The zero-order valence-corrected chi connectivity index (χ0v) is 12.2. The van der Waals surface area contributed by atoms with Gasteiger partial charge < -0.3 is 10.1 Å². The molecular weight excluding hydrogens is 258 g/mol. The summed E-state index contributed by atoms with van der Waals surface area (Å²) >= 11 is 5.90. The number of hydrogen-bond donors (Lipinski definition) is 1. The van der Waals surface area contributed by atoms with E-state index in [2.05, 4.69) is 24.5 Å². The molecule has 1 N–H and O–H groups in total. The molecule has 2 nitrogen and oxygen atoms in total. The van der Waals surface area contributed by atoms with Gasteiger partial charge in [-0.25, -0.2) is 0 Å². The molecule has 1 aromatic carbocycles. The molecule has 19 heavy (non-hydrogen) atoms. The molecule has 2 aliphatic rings. The normalized spacial score (nSPS) is 28.5. The minimum Gasteiger partial charge on any atom is -0.373 e. The maximum Gasteiger partial charge on any atom is 0.0720 e. The highest BCUT2D eigenvalue weighted by Gasteiger charge is 2.56. The van der Waals surface area contributed by atoms with E-state index in [1.807, 2.05) is 12.1 Å². The monoisotopic (exact) mass is 279 g/mol. The van der Waals surface area contributed by atoms with Crippen molar-refractivity contribution in [2.24, 2.45) is 5.41 Å². The second-order valence-corrected chi connectivity index (χ2v) is 6.38. The zero-order chi connectivity index (χ0) is 13.3. The predicted octanol–water partition coefficient (Wildman–Crippen LogP) is 3.78. The summed E-state index contributed by atoms with van der Waals surface area (Å²) in [6, 6.07) is 8.63. The quantitative estimate of drug-likeness (QED) is 0.906. The number of halogens is 1. The van der Waals surface area contributed by atoms with Gasteiger partial charge in [0.15, 0.2) is 0 Å². The fourth-order valence-electron chi connectivity index (χ4n) is 3.87. The lowest BCUT2D eigenvalue weighted by Gasteiger charge is -2.54. The van der Waals surface area contributed by atoms with Crippen molar-refractivity contribution in [1.82, 2.24) is 5.32 Å². The van der Waals surface area contributed by atoms with Gasteiger partial charge in [0.2, 0.25) is 0 Å². The first-order valence-corrected chi connectivity index (χ1v) is 7.66. The van der Waals surface area contributed by atoms with Crippen molar-refractivity contribution in [3.05, 3.63) is 34.9 Å². The summed E-state index contributed by atoms with van der Waals surface area (Å²) in [6.45, 7) is 0.708. The number of rotatable bonds is 4. The molecule has 0 aromatic heterocycles. The summed E-state index contributed by atoms with van der Waals surface area (Å²) in [6.07, 6.45) is 6.96. The lowest BCUT2D eigenvalue weighted by atomic mass is 9.60. The van der Waals surface area contributed by atoms with Crippen molar-refractivity contribution in [3.63, 3.8) is 0 Å². The Hall–Kier alpha value is -0.570. The van der Waals surface area contributed by atoms with E-state index < -0.39 is 0 Å². The second kappa shape index (κ2) is 5.43. The van der Waals surface area contributed by atoms with Gasteiger partial charge in [0.1, 0.15) is 0 Å². The van der Waals surface area contributed by atoms with Crippen LogP contribution in [0.5, 0.6) is 0 Å². The molecule has 1 aromatic rings. The molecule has 1 spiro atoms. The van der Waals surface area contributed by atoms with Crippen LogP contribution in [0.3, 0.4) is 0 Å². The standard InChI is InChI=1S/C16H22ClNO/c1-18-14-10-15(16(14)8-2-3-9-16)19-11-12-4-6-13(17)7-5-12/h4-7,14-15,18H,2-3,8-11H2,1H3. The molecule has 0 heterocycles. The van der Waals surface area contributed by atoms with Crippen LogP contribution < -0.4 is 5.32 Å². The Balaban J connectivity index is 1.60. The smallest absolute Gasteiger partial charge is 0.0720 e. The van der Waals surface area contributed by atoms with Crippen molar-refractivity contribution in [2.45, 2.75) is 50.9 Å². The molecule has 0 saturated heterocycles. The van der Waals surface area contributed by atoms with Crippen molar-refractivity contribution in [1.29, 1.82) is 0 Å². The van der Waals surface area contributed by atoms with Crippen LogP contribution in [-0.4, -0.2) is 19.2 Å². The van der Waals surface area contributed by atoms with E-state index in [1.165, 1.54) is 31.2 Å². The lowest BCUT2D eigenvalue weighted by molar-refractivity contribution is -0.138. The topological polar surface area (TPSA) is 21.3 Å². The fraction of sp³-hybridized carbons (Fsp3) is 0.625. The highest BCUT2D eigenvalue weighted by molar-refractivity contribution is 6.30. The Bertz CT molecular complexity index is 425. The van der Waals surface area contributed by atoms with Crippen LogP contribution in [0.4, 0.5) is 0 Å². The van der Waals surface area contributed by atoms with Crippen LogP contribution in [0.15, 0.2) is 24.3 Å². The third kappa shape index (κ3) is 2.42. The number of ether oxygens (including phenoxy) is 1. The first-order valence-electron chi connectivity index (χ1n) is 7.28. The minimum absolute atomic E-state index is 0.418. The molecule has 0 radical (unpaired) electrons. The molecule has 2 fully saturated rings. The predicted molar refractivity (Wildman–Crippen MR) is 78.4 cm³/mol. The Morgan fingerprint density at radius 2 is 1.95 bits per heavy atom. The average molecular weight is 280 g/mol. The van der Waals surface area contributed by atoms with Crippen LogP contribution >= 0.6 is 11.6 Å². The van der Waals surface area contributed by atoms with E-state index in [0.29, 0.717) is 24.2 Å². The molecule has 0 aliphatic heterocycles. The van der Waals surface area contributed by atoms with E-state index in [1.54, 1.807) is 0 Å². The molecule has 2 atom stereocenters. The highest BCUT2D eigenvalue weighted by atomic mass is 35.5. The maximum atomic E-state index is 6.19. The SMILES string of the molecule is CNC1CC(OCc2ccc(Cl)cc2)C12CCCC2. The summed E-state index contributed by atoms with van der Waals surface area (Å²) in [4.78, 5) is 0. The molecule has 2 saturated carbocycles. The van der Waals surface area contributed by atoms with Crippen molar-refractivity contribution in [3.8, 4) is 0 Å². The first-order chi connectivity index (χ1) is 9.24. The third-order valence-electron chi connectivity index (χ3n) is 5.03. The van der Waals surface area contributed by atoms with Crippen LogP contribution in [-0.2, 0) is 11.3 Å². The molecule has 2 aliphatic carbocycles. The molecule has 0 amide bonds. The summed E-state index contributed by atoms with van der Waals surface area (Å²) in [5.74, 6) is 0. The summed E-state index contributed by atoms with van der Waals surface area (Å²) < 4.78 is 6.19. The highest BCUT2D eigenvalue weighted by Crippen LogP contribution is 2.54. The molecule has 3 heteroatoms. The molecule has 0 bridgehead atoms. The van der Waals surface area contributed by atoms with Gasteiger partial charge in [-0.05, 0) is 44.0 Å². The molecule has 2 unspecified atom stereocenters. The molecular formula is C16H22ClNO. The third-order valence-corrected chi connectivity index (χ3v) is 5.28. The molecule has 104 valence electrons. The van der Waals surface area contributed by atoms with Crippen LogP contribution in [0.1, 0.15) is 37.7 Å². The van der Waals surface area contributed by atoms with Crippen molar-refractivity contribution in [2.75, 3.05) is 7.05 Å². The zero-order valence-electron chi connectivity index (χ0n) is 11.5. The van der Waals surface area contributed by atoms with Gasteiger partial charge in [-0.2, -0.15) is 0 Å². The largest absolute Gasteiger partial charge is 0.373 e. The van der Waals surface area contributed by atoms with E-state index in [9.17, 15) is 0 Å². The van der Waals surface area contributed by atoms with E-state index >= 15 is 0 Å². The second-order valence-electron chi connectivity index (χ2n) is 5.94. The van der Waals surface area contributed by atoms with Gasteiger partial charge in [-0.15, -0.1) is 0 Å². The fourth-order valence-corrected chi connectivity index (χ4v) is 3.99. The number of benzene rings is 1. The lowest BCUT2D eigenvalue weighted by Crippen LogP contribution is -2.61. The van der Waals surface area contributed by atoms with E-state index in [-0.39, 0.29) is 0 Å². The van der Waals surface area contributed by atoms with Crippen LogP contribution in [0, 0.1) is 5.41 Å². The van der Waals surface area contributed by atoms with Gasteiger partial charge in [-0.3, -0.25) is 0 Å². The Labute approximate surface area is 120 Å². The van der Waals surface area contributed by atoms with Gasteiger partial charge in [0, 0.05) is 16.5 Å². The maximum absolute atomic E-state index is 6.19. The van der Waals surface area contributed by atoms with Crippen molar-refractivity contribution >= 4 is 11.6 Å². The number of hydrogen-bond acceptors (Lipinski definition) is 2. The van der Waals surface area contributed by atoms with Gasteiger partial charge in [0.25, 0.3) is 0 Å². The van der Waals surface area contributed by atoms with Crippen LogP contribution in [0.25, 0.3) is 0 Å². The summed E-state index contributed by atoms with van der Waals surface area (Å²) in [5, 5.41) is 4.26. The van der Waals surface area contributed by atoms with Crippen LogP contribution in [0.2, 0.25) is 5.02 Å². The van der Waals surface area contributed by atoms with Gasteiger partial charge >= 0.3 is 0 Å². The van der Waals surface area contributed by atoms with Gasteiger partial charge in [0.05, 0.1) is 12.7 Å². The number of nitrogens with one attached hydrogen (secondary N) is 1. The van der Waals surface area contributed by atoms with Gasteiger partial charge in [-0.1, -0.05) is 36.6 Å². The van der Waals surface area contributed by atoms with E-state index in [4.69, 9.17) is 16.3 Å². The Morgan fingerprint density at radius 3 is 2.58 bits per heavy atom. The van der Waals surface area contributed by atoms with E-state index in [0.717, 1.165) is 11.4 Å². The average Bonchev–Trinajstić information content (AvgIpc) is 2.92. The Kier molecular flexibility index (Phi) is 3.84. The minimum atomic E-state index is 0.418. The first kappa shape index (κ1) is 13.4.